The lowest BCUT2D eigenvalue weighted by atomic mass is 10.1. The number of nitrogens with one attached hydrogen (secondary N) is 2. The van der Waals surface area contributed by atoms with E-state index in [0.717, 1.165) is 43.7 Å². The molecule has 0 aliphatic carbocycles. The molecule has 1 rings (SSSR count). The minimum atomic E-state index is 0. The summed E-state index contributed by atoms with van der Waals surface area (Å²) in [5, 5.41) is 14.6. The molecular formula is C15H31IN6O. The van der Waals surface area contributed by atoms with E-state index in [1.807, 2.05) is 25.5 Å². The molecule has 7 nitrogen and oxygen atoms in total. The number of aromatic nitrogens is 3. The maximum atomic E-state index is 5.59. The molecular weight excluding hydrogens is 407 g/mol. The first-order chi connectivity index (χ1) is 10.5. The molecule has 0 spiro atoms. The molecule has 0 aliphatic heterocycles. The lowest BCUT2D eigenvalue weighted by Gasteiger charge is -2.12. The van der Waals surface area contributed by atoms with Gasteiger partial charge in [0.15, 0.2) is 11.8 Å². The lowest BCUT2D eigenvalue weighted by Crippen LogP contribution is -2.39. The Bertz CT molecular complexity index is 461. The van der Waals surface area contributed by atoms with Gasteiger partial charge in [-0.15, -0.1) is 34.2 Å². The SMILES string of the molecule is CCNC(=NCc1nnc(C)n1C)NCCOCCC(C)C.I. The van der Waals surface area contributed by atoms with Crippen molar-refractivity contribution >= 4 is 29.9 Å². The Kier molecular flexibility index (Phi) is 12.0. The third-order valence-electron chi connectivity index (χ3n) is 3.28. The predicted octanol–water partition coefficient (Wildman–Crippen LogP) is 1.86. The van der Waals surface area contributed by atoms with Crippen molar-refractivity contribution in [3.63, 3.8) is 0 Å². The number of aryl methyl sites for hydroxylation is 1. The summed E-state index contributed by atoms with van der Waals surface area (Å²) >= 11 is 0. The topological polar surface area (TPSA) is 76.4 Å². The van der Waals surface area contributed by atoms with Gasteiger partial charge in [0, 0.05) is 26.7 Å². The third kappa shape index (κ3) is 9.09. The van der Waals surface area contributed by atoms with E-state index in [0.29, 0.717) is 19.1 Å². The number of guanidine groups is 1. The van der Waals surface area contributed by atoms with Crippen LogP contribution in [0.2, 0.25) is 0 Å². The summed E-state index contributed by atoms with van der Waals surface area (Å²) < 4.78 is 7.53. The minimum Gasteiger partial charge on any atom is -0.380 e. The third-order valence-corrected chi connectivity index (χ3v) is 3.28. The van der Waals surface area contributed by atoms with Gasteiger partial charge in [-0.3, -0.25) is 0 Å². The number of hydrogen-bond donors (Lipinski definition) is 2. The average Bonchev–Trinajstić information content (AvgIpc) is 2.79. The van der Waals surface area contributed by atoms with Gasteiger partial charge in [-0.2, -0.15) is 0 Å². The Labute approximate surface area is 156 Å². The van der Waals surface area contributed by atoms with Gasteiger partial charge in [0.1, 0.15) is 12.4 Å². The predicted molar refractivity (Wildman–Crippen MR) is 104 cm³/mol. The zero-order valence-corrected chi connectivity index (χ0v) is 17.3. The standard InChI is InChI=1S/C15H30N6O.HI/c1-6-16-15(17-8-10-22-9-7-12(2)3)18-11-14-20-19-13(4)21(14)5;/h12H,6-11H2,1-5H3,(H2,16,17,18);1H. The summed E-state index contributed by atoms with van der Waals surface area (Å²) in [5.74, 6) is 3.20. The summed E-state index contributed by atoms with van der Waals surface area (Å²) in [4.78, 5) is 4.52. The Morgan fingerprint density at radius 1 is 1.26 bits per heavy atom. The Morgan fingerprint density at radius 3 is 2.57 bits per heavy atom. The van der Waals surface area contributed by atoms with E-state index < -0.39 is 0 Å². The Hall–Kier alpha value is -0.900. The molecule has 0 unspecified atom stereocenters. The summed E-state index contributed by atoms with van der Waals surface area (Å²) in [5.41, 5.74) is 0. The van der Waals surface area contributed by atoms with E-state index in [9.17, 15) is 0 Å². The highest BCUT2D eigenvalue weighted by atomic mass is 127. The fourth-order valence-corrected chi connectivity index (χ4v) is 1.74. The fraction of sp³-hybridized carbons (Fsp3) is 0.800. The van der Waals surface area contributed by atoms with Gasteiger partial charge >= 0.3 is 0 Å². The van der Waals surface area contributed by atoms with Gasteiger partial charge in [-0.25, -0.2) is 4.99 Å². The van der Waals surface area contributed by atoms with Crippen molar-refractivity contribution in [1.82, 2.24) is 25.4 Å². The molecule has 134 valence electrons. The molecule has 0 amide bonds. The van der Waals surface area contributed by atoms with E-state index in [2.05, 4.69) is 39.7 Å². The Morgan fingerprint density at radius 2 is 2.00 bits per heavy atom. The van der Waals surface area contributed by atoms with Gasteiger partial charge < -0.3 is 19.9 Å². The van der Waals surface area contributed by atoms with E-state index in [-0.39, 0.29) is 24.0 Å². The van der Waals surface area contributed by atoms with Gasteiger partial charge in [0.2, 0.25) is 0 Å². The first-order valence-corrected chi connectivity index (χ1v) is 7.99. The quantitative estimate of drug-likeness (QED) is 0.267. The zero-order chi connectivity index (χ0) is 16.4. The van der Waals surface area contributed by atoms with Crippen molar-refractivity contribution in [1.29, 1.82) is 0 Å². The van der Waals surface area contributed by atoms with Crippen LogP contribution in [0, 0.1) is 12.8 Å². The molecule has 2 N–H and O–H groups in total. The maximum absolute atomic E-state index is 5.59. The van der Waals surface area contributed by atoms with Gasteiger partial charge in [0.25, 0.3) is 0 Å². The number of nitrogens with zero attached hydrogens (tertiary/aromatic N) is 4. The molecule has 1 aromatic heterocycles. The number of aliphatic imine (C=N–C) groups is 1. The first kappa shape index (κ1) is 22.1. The first-order valence-electron chi connectivity index (χ1n) is 7.99. The highest BCUT2D eigenvalue weighted by Gasteiger charge is 2.04. The smallest absolute Gasteiger partial charge is 0.191 e. The molecule has 0 atom stereocenters. The highest BCUT2D eigenvalue weighted by Crippen LogP contribution is 1.99. The van der Waals surface area contributed by atoms with Crippen LogP contribution < -0.4 is 10.6 Å². The fourth-order valence-electron chi connectivity index (χ4n) is 1.74. The van der Waals surface area contributed by atoms with Crippen LogP contribution in [0.4, 0.5) is 0 Å². The van der Waals surface area contributed by atoms with Gasteiger partial charge in [0.05, 0.1) is 6.61 Å². The molecule has 8 heteroatoms. The van der Waals surface area contributed by atoms with Crippen LogP contribution >= 0.6 is 24.0 Å². The van der Waals surface area contributed by atoms with Crippen LogP contribution in [0.3, 0.4) is 0 Å². The summed E-state index contributed by atoms with van der Waals surface area (Å²) in [7, 11) is 1.95. The second kappa shape index (κ2) is 12.5. The maximum Gasteiger partial charge on any atom is 0.191 e. The molecule has 0 bridgehead atoms. The molecule has 0 saturated carbocycles. The van der Waals surface area contributed by atoms with Gasteiger partial charge in [-0.1, -0.05) is 13.8 Å². The molecule has 0 aromatic carbocycles. The largest absolute Gasteiger partial charge is 0.380 e. The highest BCUT2D eigenvalue weighted by molar-refractivity contribution is 14.0. The summed E-state index contributed by atoms with van der Waals surface area (Å²) in [6, 6.07) is 0. The van der Waals surface area contributed by atoms with Crippen molar-refractivity contribution < 1.29 is 4.74 Å². The van der Waals surface area contributed by atoms with Crippen molar-refractivity contribution in [2.45, 2.75) is 40.7 Å². The van der Waals surface area contributed by atoms with Crippen LogP contribution in [0.25, 0.3) is 0 Å². The summed E-state index contributed by atoms with van der Waals surface area (Å²) in [6.45, 7) is 11.9. The van der Waals surface area contributed by atoms with Crippen LogP contribution in [0.1, 0.15) is 38.8 Å². The van der Waals surface area contributed by atoms with E-state index in [1.54, 1.807) is 0 Å². The van der Waals surface area contributed by atoms with Crippen molar-refractivity contribution in [3.05, 3.63) is 11.6 Å². The van der Waals surface area contributed by atoms with E-state index in [1.165, 1.54) is 0 Å². The lowest BCUT2D eigenvalue weighted by molar-refractivity contribution is 0.128. The number of halogens is 1. The monoisotopic (exact) mass is 438 g/mol. The van der Waals surface area contributed by atoms with Crippen LogP contribution in [0.5, 0.6) is 0 Å². The van der Waals surface area contributed by atoms with Crippen LogP contribution in [-0.4, -0.2) is 47.0 Å². The van der Waals surface area contributed by atoms with E-state index in [4.69, 9.17) is 4.74 Å². The molecule has 1 aromatic rings. The molecule has 0 fully saturated rings. The van der Waals surface area contributed by atoms with Gasteiger partial charge in [-0.05, 0) is 26.2 Å². The summed E-state index contributed by atoms with van der Waals surface area (Å²) in [6.07, 6.45) is 1.10. The van der Waals surface area contributed by atoms with Crippen LogP contribution in [-0.2, 0) is 18.3 Å². The Balaban J connectivity index is 0.00000484. The zero-order valence-electron chi connectivity index (χ0n) is 14.9. The second-order valence-corrected chi connectivity index (χ2v) is 5.64. The van der Waals surface area contributed by atoms with Crippen molar-refractivity contribution in [2.24, 2.45) is 18.0 Å². The normalized spacial score (nSPS) is 11.5. The molecule has 1 heterocycles. The second-order valence-electron chi connectivity index (χ2n) is 5.64. The minimum absolute atomic E-state index is 0. The number of rotatable bonds is 9. The van der Waals surface area contributed by atoms with Crippen LogP contribution in [0.15, 0.2) is 4.99 Å². The number of hydrogen-bond acceptors (Lipinski definition) is 4. The van der Waals surface area contributed by atoms with E-state index >= 15 is 0 Å². The van der Waals surface area contributed by atoms with Crippen molar-refractivity contribution in [3.8, 4) is 0 Å². The number of ether oxygens (including phenoxy) is 1. The molecule has 0 aliphatic rings. The average molecular weight is 438 g/mol. The molecule has 0 radical (unpaired) electrons. The van der Waals surface area contributed by atoms with Crippen molar-refractivity contribution in [2.75, 3.05) is 26.3 Å². The molecule has 23 heavy (non-hydrogen) atoms. The molecule has 0 saturated heterocycles.